The van der Waals surface area contributed by atoms with Crippen LogP contribution in [0.2, 0.25) is 0 Å². The van der Waals surface area contributed by atoms with Gasteiger partial charge >= 0.3 is 13.2 Å². The van der Waals surface area contributed by atoms with E-state index in [1.807, 2.05) is 39.0 Å². The highest BCUT2D eigenvalue weighted by Crippen LogP contribution is 2.58. The maximum absolute atomic E-state index is 13.0. The first-order valence-corrected chi connectivity index (χ1v) is 12.7. The van der Waals surface area contributed by atoms with Crippen molar-refractivity contribution in [2.24, 2.45) is 0 Å². The number of ether oxygens (including phenoxy) is 1. The summed E-state index contributed by atoms with van der Waals surface area (Å²) >= 11 is 0. The van der Waals surface area contributed by atoms with Gasteiger partial charge in [-0.25, -0.2) is 4.79 Å². The Kier molecular flexibility index (Phi) is 8.38. The minimum Gasteiger partial charge on any atom is -0.423 e. The molecule has 0 radical (unpaired) electrons. The molecule has 1 N–H and O–H groups in total. The van der Waals surface area contributed by atoms with Gasteiger partial charge in [0.2, 0.25) is 0 Å². The van der Waals surface area contributed by atoms with E-state index in [9.17, 15) is 14.3 Å². The molecule has 8 heteroatoms. The van der Waals surface area contributed by atoms with Gasteiger partial charge in [0.25, 0.3) is 0 Å². The summed E-state index contributed by atoms with van der Waals surface area (Å²) in [6.45, 7) is 16.9. The van der Waals surface area contributed by atoms with E-state index >= 15 is 0 Å². The Morgan fingerprint density at radius 2 is 1.72 bits per heavy atom. The van der Waals surface area contributed by atoms with Crippen molar-refractivity contribution in [2.45, 2.75) is 78.7 Å². The minimum atomic E-state index is -4.00. The van der Waals surface area contributed by atoms with Crippen LogP contribution in [0.3, 0.4) is 0 Å². The van der Waals surface area contributed by atoms with E-state index in [1.54, 1.807) is 20.8 Å². The maximum atomic E-state index is 13.0. The van der Waals surface area contributed by atoms with Crippen molar-refractivity contribution in [3.63, 3.8) is 0 Å². The summed E-state index contributed by atoms with van der Waals surface area (Å²) in [4.78, 5) is 25.2. The predicted molar refractivity (Wildman–Crippen MR) is 130 cm³/mol. The molecule has 2 unspecified atom stereocenters. The number of benzene rings is 1. The first kappa shape index (κ1) is 26.6. The normalized spacial score (nSPS) is 15.5. The molecule has 7 nitrogen and oxygen atoms in total. The summed E-state index contributed by atoms with van der Waals surface area (Å²) < 4.78 is 30.2. The first-order chi connectivity index (χ1) is 14.7. The van der Waals surface area contributed by atoms with Crippen LogP contribution >= 0.6 is 7.60 Å². The van der Waals surface area contributed by atoms with Crippen molar-refractivity contribution in [2.75, 3.05) is 24.6 Å². The van der Waals surface area contributed by atoms with Gasteiger partial charge in [-0.3, -0.25) is 4.57 Å². The Balaban J connectivity index is 2.56. The molecule has 1 aromatic heterocycles. The summed E-state index contributed by atoms with van der Waals surface area (Å²) in [6.07, 6.45) is -0.493. The molecule has 0 saturated carbocycles. The lowest BCUT2D eigenvalue weighted by Gasteiger charge is -2.30. The van der Waals surface area contributed by atoms with Crippen LogP contribution in [-0.4, -0.2) is 35.3 Å². The fraction of sp³-hybridized carbons (Fsp3) is 0.625. The Labute approximate surface area is 191 Å². The lowest BCUT2D eigenvalue weighted by Crippen LogP contribution is -2.23. The largest absolute Gasteiger partial charge is 0.423 e. The molecule has 0 saturated heterocycles. The maximum Gasteiger partial charge on any atom is 0.336 e. The second kappa shape index (κ2) is 10.1. The Morgan fingerprint density at radius 1 is 1.09 bits per heavy atom. The van der Waals surface area contributed by atoms with Crippen LogP contribution in [0.15, 0.2) is 33.5 Å². The second-order valence-corrected chi connectivity index (χ2v) is 12.5. The van der Waals surface area contributed by atoms with Crippen LogP contribution in [0.5, 0.6) is 0 Å². The van der Waals surface area contributed by atoms with Gasteiger partial charge in [-0.15, -0.1) is 0 Å². The quantitative estimate of drug-likeness (QED) is 0.363. The third kappa shape index (κ3) is 6.67. The number of anilines is 1. The SMILES string of the molecule is CCN(CC)c1ccc2c(C(CCOC(C)(C)C)OP(=O)(O)C(C)(C)C)cc(=O)oc2c1. The number of nitrogens with zero attached hydrogens (tertiary/aromatic N) is 1. The smallest absolute Gasteiger partial charge is 0.336 e. The van der Waals surface area contributed by atoms with Crippen molar-refractivity contribution in [1.82, 2.24) is 0 Å². The van der Waals surface area contributed by atoms with Gasteiger partial charge in [0.1, 0.15) is 5.58 Å². The average Bonchev–Trinajstić information content (AvgIpc) is 2.65. The van der Waals surface area contributed by atoms with Crippen molar-refractivity contribution in [1.29, 1.82) is 0 Å². The van der Waals surface area contributed by atoms with Crippen LogP contribution < -0.4 is 10.5 Å². The van der Waals surface area contributed by atoms with E-state index < -0.39 is 24.5 Å². The number of hydrogen-bond acceptors (Lipinski definition) is 6. The molecule has 1 aromatic carbocycles. The molecule has 0 spiro atoms. The van der Waals surface area contributed by atoms with Gasteiger partial charge < -0.3 is 23.5 Å². The molecule has 2 rings (SSSR count). The third-order valence-corrected chi connectivity index (χ3v) is 7.50. The highest BCUT2D eigenvalue weighted by atomic mass is 31.2. The molecule has 2 atom stereocenters. The zero-order valence-electron chi connectivity index (χ0n) is 20.6. The molecule has 32 heavy (non-hydrogen) atoms. The molecule has 0 bridgehead atoms. The minimum absolute atomic E-state index is 0.303. The van der Waals surface area contributed by atoms with E-state index in [2.05, 4.69) is 18.7 Å². The van der Waals surface area contributed by atoms with Gasteiger partial charge in [-0.1, -0.05) is 0 Å². The third-order valence-electron chi connectivity index (χ3n) is 5.27. The van der Waals surface area contributed by atoms with E-state index in [1.165, 1.54) is 6.07 Å². The van der Waals surface area contributed by atoms with Crippen LogP contribution in [0.1, 0.15) is 73.5 Å². The Bertz CT molecular complexity index is 1010. The van der Waals surface area contributed by atoms with Crippen molar-refractivity contribution in [3.8, 4) is 0 Å². The van der Waals surface area contributed by atoms with E-state index in [-0.39, 0.29) is 5.60 Å². The molecule has 0 fully saturated rings. The van der Waals surface area contributed by atoms with Gasteiger partial charge in [-0.05, 0) is 73.1 Å². The van der Waals surface area contributed by atoms with E-state index in [0.29, 0.717) is 29.6 Å². The van der Waals surface area contributed by atoms with Gasteiger partial charge in [0, 0.05) is 42.7 Å². The Hall–Kier alpha value is -1.66. The van der Waals surface area contributed by atoms with E-state index in [4.69, 9.17) is 13.7 Å². The molecule has 1 heterocycles. The summed E-state index contributed by atoms with van der Waals surface area (Å²) in [5.41, 5.74) is 0.995. The topological polar surface area (TPSA) is 89.2 Å². The van der Waals surface area contributed by atoms with Crippen molar-refractivity contribution >= 4 is 24.3 Å². The highest BCUT2D eigenvalue weighted by molar-refractivity contribution is 7.54. The predicted octanol–water partition coefficient (Wildman–Crippen LogP) is 5.89. The van der Waals surface area contributed by atoms with Gasteiger partial charge in [-0.2, -0.15) is 0 Å². The lowest BCUT2D eigenvalue weighted by molar-refractivity contribution is -0.0170. The zero-order valence-corrected chi connectivity index (χ0v) is 21.5. The Morgan fingerprint density at radius 3 is 2.25 bits per heavy atom. The van der Waals surface area contributed by atoms with Crippen LogP contribution in [0.4, 0.5) is 5.69 Å². The first-order valence-electron chi connectivity index (χ1n) is 11.2. The summed E-state index contributed by atoms with van der Waals surface area (Å²) in [5.74, 6) is 0. The monoisotopic (exact) mass is 467 g/mol. The lowest BCUT2D eigenvalue weighted by atomic mass is 10.0. The van der Waals surface area contributed by atoms with Crippen molar-refractivity contribution < 1.29 is 23.1 Å². The molecular weight excluding hydrogens is 429 g/mol. The highest BCUT2D eigenvalue weighted by Gasteiger charge is 2.39. The number of fused-ring (bicyclic) bond motifs is 1. The van der Waals surface area contributed by atoms with Gasteiger partial charge in [0.05, 0.1) is 23.5 Å². The average molecular weight is 468 g/mol. The molecule has 0 aliphatic rings. The van der Waals surface area contributed by atoms with Crippen LogP contribution in [0.25, 0.3) is 11.0 Å². The van der Waals surface area contributed by atoms with Crippen LogP contribution in [-0.2, 0) is 13.8 Å². The summed E-state index contributed by atoms with van der Waals surface area (Å²) in [5, 5.41) is -0.295. The molecule has 2 aromatic rings. The van der Waals surface area contributed by atoms with Crippen molar-refractivity contribution in [3.05, 3.63) is 40.2 Å². The van der Waals surface area contributed by atoms with E-state index in [0.717, 1.165) is 18.8 Å². The zero-order chi connectivity index (χ0) is 24.3. The molecule has 0 aliphatic carbocycles. The van der Waals surface area contributed by atoms with Crippen LogP contribution in [0, 0.1) is 0 Å². The molecular formula is C24H38NO6P. The molecule has 0 amide bonds. The molecule has 180 valence electrons. The molecule has 0 aliphatic heterocycles. The van der Waals surface area contributed by atoms with Gasteiger partial charge in [0.15, 0.2) is 0 Å². The summed E-state index contributed by atoms with van der Waals surface area (Å²) in [6, 6.07) is 7.02. The standard InChI is InChI=1S/C24H38NO6P/c1-9-25(10-2)17-11-12-18-19(16-22(26)30-21(18)15-17)20(13-14-29-23(3,4)5)31-32(27,28)24(6,7)8/h11-12,15-16,20H,9-10,13-14H2,1-8H3,(H,27,28). The fourth-order valence-electron chi connectivity index (χ4n) is 3.30. The number of hydrogen-bond donors (Lipinski definition) is 1. The summed E-state index contributed by atoms with van der Waals surface area (Å²) in [7, 11) is -4.00. The fourth-order valence-corrected chi connectivity index (χ4v) is 4.18. The second-order valence-electron chi connectivity index (χ2n) is 9.91. The number of rotatable bonds is 9.